The molecule has 3 aliphatic heterocycles. The normalized spacial score (nSPS) is 35.5. The molecule has 1 spiro atoms. The molecule has 3 N–H and O–H groups in total. The number of likely N-dealkylation sites (tertiary alicyclic amines) is 1. The smallest absolute Gasteiger partial charge is 0.246 e. The Morgan fingerprint density at radius 2 is 1.83 bits per heavy atom. The first kappa shape index (κ1) is 23.0. The minimum Gasteiger partial charge on any atom is -0.395 e. The maximum absolute atomic E-state index is 13.6. The molecule has 0 aromatic heterocycles. The molecule has 2 unspecified atom stereocenters. The molecule has 3 aliphatic rings. The van der Waals surface area contributed by atoms with Gasteiger partial charge in [-0.3, -0.25) is 14.4 Å². The first-order chi connectivity index (χ1) is 13.7. The number of carbonyl (C=O) groups is 3. The summed E-state index contributed by atoms with van der Waals surface area (Å²) in [5.74, 6) is -2.17. The Morgan fingerprint density at radius 1 is 1.20 bits per heavy atom. The van der Waals surface area contributed by atoms with Crippen LogP contribution in [0.5, 0.6) is 0 Å². The maximum atomic E-state index is 13.6. The molecule has 5 atom stereocenters. The number of nitrogens with zero attached hydrogens (tertiary/aromatic N) is 1. The van der Waals surface area contributed by atoms with Gasteiger partial charge in [-0.05, 0) is 45.4 Å². The van der Waals surface area contributed by atoms with E-state index in [9.17, 15) is 19.5 Å². The fourth-order valence-corrected chi connectivity index (χ4v) is 6.40. The number of ether oxygens (including phenoxy) is 1. The molecule has 0 aromatic rings. The molecule has 8 nitrogen and oxygen atoms in total. The van der Waals surface area contributed by atoms with Gasteiger partial charge >= 0.3 is 0 Å². The van der Waals surface area contributed by atoms with Crippen LogP contribution < -0.4 is 10.6 Å². The Balaban J connectivity index is 1.98. The minimum atomic E-state index is -1.04. The lowest BCUT2D eigenvalue weighted by Gasteiger charge is -2.38. The molecule has 0 aliphatic carbocycles. The summed E-state index contributed by atoms with van der Waals surface area (Å²) in [6, 6.07) is -0.863. The third-order valence-corrected chi connectivity index (χ3v) is 6.83. The first-order valence-corrected chi connectivity index (χ1v) is 10.9. The van der Waals surface area contributed by atoms with Gasteiger partial charge in [0.05, 0.1) is 24.0 Å². The standard InChI is InChI=1S/C22H37N3O5/c1-19(2,3)12-20(4,5)24-17(28)15-22-9-8-21(6,30-22)13(16(27)23-7)14(22)18(29)25(15)10-11-26/h13-15,26H,8-12H2,1-7H3,(H,23,27)(H,24,28)/t13-,14+,15?,21+,22?/m1/s1. The molecule has 3 amide bonds. The highest BCUT2D eigenvalue weighted by Crippen LogP contribution is 2.63. The Kier molecular flexibility index (Phi) is 5.51. The van der Waals surface area contributed by atoms with Gasteiger partial charge in [-0.25, -0.2) is 0 Å². The third-order valence-electron chi connectivity index (χ3n) is 6.83. The fraction of sp³-hybridized carbons (Fsp3) is 0.864. The molecule has 3 rings (SSSR count). The zero-order valence-corrected chi connectivity index (χ0v) is 19.3. The molecular weight excluding hydrogens is 386 g/mol. The van der Waals surface area contributed by atoms with Crippen molar-refractivity contribution in [3.63, 3.8) is 0 Å². The number of aliphatic hydroxyl groups is 1. The number of hydrogen-bond donors (Lipinski definition) is 3. The second-order valence-electron chi connectivity index (χ2n) is 11.2. The van der Waals surface area contributed by atoms with Crippen molar-refractivity contribution in [2.75, 3.05) is 20.2 Å². The van der Waals surface area contributed by atoms with Gasteiger partial charge < -0.3 is 25.4 Å². The SMILES string of the molecule is CNC(=O)[C@H]1[C@H]2C(=O)N(CCO)C(C(=O)NC(C)(C)CC(C)(C)C)C23CC[C@]1(C)O3. The highest BCUT2D eigenvalue weighted by molar-refractivity contribution is 5.99. The number of nitrogens with one attached hydrogen (secondary N) is 2. The fourth-order valence-electron chi connectivity index (χ4n) is 6.40. The van der Waals surface area contributed by atoms with Gasteiger partial charge in [-0.1, -0.05) is 20.8 Å². The van der Waals surface area contributed by atoms with Crippen molar-refractivity contribution in [1.29, 1.82) is 0 Å². The lowest BCUT2D eigenvalue weighted by atomic mass is 9.66. The van der Waals surface area contributed by atoms with Crippen molar-refractivity contribution in [3.8, 4) is 0 Å². The van der Waals surface area contributed by atoms with Crippen molar-refractivity contribution >= 4 is 17.7 Å². The summed E-state index contributed by atoms with van der Waals surface area (Å²) in [7, 11) is 1.55. The van der Waals surface area contributed by atoms with E-state index >= 15 is 0 Å². The van der Waals surface area contributed by atoms with E-state index in [2.05, 4.69) is 31.4 Å². The van der Waals surface area contributed by atoms with Gasteiger partial charge in [0.1, 0.15) is 11.6 Å². The van der Waals surface area contributed by atoms with E-state index in [1.807, 2.05) is 20.8 Å². The number of carbonyl (C=O) groups excluding carboxylic acids is 3. The molecule has 3 saturated heterocycles. The average molecular weight is 424 g/mol. The Bertz CT molecular complexity index is 746. The van der Waals surface area contributed by atoms with Crippen LogP contribution in [0.15, 0.2) is 0 Å². The number of aliphatic hydroxyl groups excluding tert-OH is 1. The van der Waals surface area contributed by atoms with Crippen LogP contribution in [0, 0.1) is 17.3 Å². The summed E-state index contributed by atoms with van der Waals surface area (Å²) in [6.07, 6.45) is 1.90. The summed E-state index contributed by atoms with van der Waals surface area (Å²) in [5, 5.41) is 15.4. The molecule has 0 saturated carbocycles. The molecular formula is C22H37N3O5. The summed E-state index contributed by atoms with van der Waals surface area (Å²) < 4.78 is 6.44. The third kappa shape index (κ3) is 3.51. The van der Waals surface area contributed by atoms with Crippen molar-refractivity contribution < 1.29 is 24.2 Å². The number of β-amino-alcohol motifs (C(OH)–C–C–N with tert-alkyl or cyclic N) is 1. The zero-order valence-electron chi connectivity index (χ0n) is 19.3. The minimum absolute atomic E-state index is 0.00792. The van der Waals surface area contributed by atoms with Crippen LogP contribution in [0.2, 0.25) is 0 Å². The largest absolute Gasteiger partial charge is 0.395 e. The number of fused-ring (bicyclic) bond motifs is 1. The Labute approximate surface area is 179 Å². The predicted octanol–water partition coefficient (Wildman–Crippen LogP) is 0.820. The molecule has 0 aromatic carbocycles. The molecule has 0 radical (unpaired) electrons. The molecule has 30 heavy (non-hydrogen) atoms. The van der Waals surface area contributed by atoms with E-state index in [1.165, 1.54) is 4.90 Å². The van der Waals surface area contributed by atoms with E-state index < -0.39 is 34.6 Å². The molecule has 170 valence electrons. The van der Waals surface area contributed by atoms with Crippen LogP contribution >= 0.6 is 0 Å². The van der Waals surface area contributed by atoms with Gasteiger partial charge in [0.25, 0.3) is 0 Å². The number of hydrogen-bond acceptors (Lipinski definition) is 5. The van der Waals surface area contributed by atoms with Crippen LogP contribution in [0.25, 0.3) is 0 Å². The van der Waals surface area contributed by atoms with E-state index in [1.54, 1.807) is 7.05 Å². The van der Waals surface area contributed by atoms with Gasteiger partial charge in [-0.15, -0.1) is 0 Å². The summed E-state index contributed by atoms with van der Waals surface area (Å²) in [5.41, 5.74) is -2.29. The van der Waals surface area contributed by atoms with Crippen LogP contribution in [0.1, 0.15) is 60.8 Å². The van der Waals surface area contributed by atoms with Crippen molar-refractivity contribution in [3.05, 3.63) is 0 Å². The number of rotatable bonds is 6. The van der Waals surface area contributed by atoms with Crippen LogP contribution in [-0.4, -0.2) is 70.7 Å². The lowest BCUT2D eigenvalue weighted by molar-refractivity contribution is -0.147. The van der Waals surface area contributed by atoms with E-state index in [0.717, 1.165) is 6.42 Å². The van der Waals surface area contributed by atoms with Crippen LogP contribution in [-0.2, 0) is 19.1 Å². The van der Waals surface area contributed by atoms with E-state index in [4.69, 9.17) is 4.74 Å². The van der Waals surface area contributed by atoms with Crippen LogP contribution in [0.4, 0.5) is 0 Å². The van der Waals surface area contributed by atoms with E-state index in [-0.39, 0.29) is 36.3 Å². The van der Waals surface area contributed by atoms with Crippen molar-refractivity contribution in [1.82, 2.24) is 15.5 Å². The highest BCUT2D eigenvalue weighted by Gasteiger charge is 2.77. The van der Waals surface area contributed by atoms with Gasteiger partial charge in [0, 0.05) is 19.1 Å². The zero-order chi connectivity index (χ0) is 22.7. The Morgan fingerprint density at radius 3 is 2.37 bits per heavy atom. The monoisotopic (exact) mass is 423 g/mol. The first-order valence-electron chi connectivity index (χ1n) is 10.9. The van der Waals surface area contributed by atoms with Gasteiger partial charge in [0.15, 0.2) is 0 Å². The topological polar surface area (TPSA) is 108 Å². The van der Waals surface area contributed by atoms with E-state index in [0.29, 0.717) is 12.8 Å². The maximum Gasteiger partial charge on any atom is 0.246 e. The second kappa shape index (κ2) is 7.19. The van der Waals surface area contributed by atoms with Crippen molar-refractivity contribution in [2.45, 2.75) is 83.6 Å². The quantitative estimate of drug-likeness (QED) is 0.586. The second-order valence-corrected chi connectivity index (χ2v) is 11.2. The molecule has 3 fully saturated rings. The molecule has 8 heteroatoms. The van der Waals surface area contributed by atoms with Crippen LogP contribution in [0.3, 0.4) is 0 Å². The van der Waals surface area contributed by atoms with Gasteiger partial charge in [0.2, 0.25) is 17.7 Å². The van der Waals surface area contributed by atoms with Crippen molar-refractivity contribution in [2.24, 2.45) is 17.3 Å². The average Bonchev–Trinajstić information content (AvgIpc) is 3.13. The Hall–Kier alpha value is -1.67. The highest BCUT2D eigenvalue weighted by atomic mass is 16.5. The molecule has 3 heterocycles. The predicted molar refractivity (Wildman–Crippen MR) is 111 cm³/mol. The summed E-state index contributed by atoms with van der Waals surface area (Å²) >= 11 is 0. The molecule has 2 bridgehead atoms. The lowest BCUT2D eigenvalue weighted by Crippen LogP contribution is -2.59. The summed E-state index contributed by atoms with van der Waals surface area (Å²) in [6.45, 7) is 11.9. The summed E-state index contributed by atoms with van der Waals surface area (Å²) in [4.78, 5) is 41.1. The van der Waals surface area contributed by atoms with Gasteiger partial charge in [-0.2, -0.15) is 0 Å². The number of amides is 3.